The van der Waals surface area contributed by atoms with Crippen molar-refractivity contribution in [3.8, 4) is 5.75 Å². The van der Waals surface area contributed by atoms with Crippen molar-refractivity contribution in [3.63, 3.8) is 0 Å². The van der Waals surface area contributed by atoms with E-state index in [4.69, 9.17) is 27.0 Å². The highest BCUT2D eigenvalue weighted by Gasteiger charge is 2.17. The largest absolute Gasteiger partial charge is 0.487 e. The molecule has 0 spiro atoms. The predicted molar refractivity (Wildman–Crippen MR) is 84.7 cm³/mol. The van der Waals surface area contributed by atoms with Crippen molar-refractivity contribution < 1.29 is 13.2 Å². The lowest BCUT2D eigenvalue weighted by Crippen LogP contribution is -2.02. The number of benzene rings is 2. The second-order valence-corrected chi connectivity index (χ2v) is 7.72. The number of aryl methyl sites for hydroxylation is 2. The highest BCUT2D eigenvalue weighted by Crippen LogP contribution is 2.30. The standard InChI is InChI=1S/C15H14Cl2O3S/c1-10-3-4-11(2)12(7-10)9-20-14-6-5-13(16)8-15(14)21(17,18)19/h3-8H,9H2,1-2H3. The molecule has 0 radical (unpaired) electrons. The lowest BCUT2D eigenvalue weighted by molar-refractivity contribution is 0.297. The van der Waals surface area contributed by atoms with Gasteiger partial charge in [-0.25, -0.2) is 8.42 Å². The summed E-state index contributed by atoms with van der Waals surface area (Å²) in [5, 5.41) is 0.285. The van der Waals surface area contributed by atoms with Gasteiger partial charge in [-0.1, -0.05) is 35.4 Å². The Morgan fingerprint density at radius 1 is 1.10 bits per heavy atom. The maximum atomic E-state index is 11.6. The van der Waals surface area contributed by atoms with E-state index in [0.29, 0.717) is 0 Å². The van der Waals surface area contributed by atoms with Crippen LogP contribution in [0.3, 0.4) is 0 Å². The van der Waals surface area contributed by atoms with E-state index in [-0.39, 0.29) is 22.3 Å². The van der Waals surface area contributed by atoms with Gasteiger partial charge >= 0.3 is 0 Å². The molecule has 0 aliphatic carbocycles. The Labute approximate surface area is 133 Å². The first kappa shape index (κ1) is 16.1. The van der Waals surface area contributed by atoms with Crippen molar-refractivity contribution in [1.29, 1.82) is 0 Å². The molecule has 6 heteroatoms. The Morgan fingerprint density at radius 3 is 2.48 bits per heavy atom. The third-order valence-corrected chi connectivity index (χ3v) is 4.63. The molecule has 0 bridgehead atoms. The number of ether oxygens (including phenoxy) is 1. The molecule has 0 heterocycles. The normalized spacial score (nSPS) is 11.4. The molecule has 2 aromatic rings. The number of rotatable bonds is 4. The highest BCUT2D eigenvalue weighted by atomic mass is 35.7. The third-order valence-electron chi connectivity index (χ3n) is 3.06. The van der Waals surface area contributed by atoms with E-state index >= 15 is 0 Å². The Bertz CT molecular complexity index is 770. The fourth-order valence-electron chi connectivity index (χ4n) is 1.90. The third kappa shape index (κ3) is 4.13. The maximum Gasteiger partial charge on any atom is 0.265 e. The van der Waals surface area contributed by atoms with Crippen LogP contribution >= 0.6 is 22.3 Å². The van der Waals surface area contributed by atoms with Gasteiger partial charge in [-0.2, -0.15) is 0 Å². The molecule has 112 valence electrons. The molecule has 21 heavy (non-hydrogen) atoms. The topological polar surface area (TPSA) is 43.4 Å². The summed E-state index contributed by atoms with van der Waals surface area (Å²) in [5.41, 5.74) is 3.17. The predicted octanol–water partition coefficient (Wildman–Crippen LogP) is 4.46. The molecule has 3 nitrogen and oxygen atoms in total. The summed E-state index contributed by atoms with van der Waals surface area (Å²) in [4.78, 5) is -0.123. The van der Waals surface area contributed by atoms with E-state index in [9.17, 15) is 8.42 Å². The van der Waals surface area contributed by atoms with Crippen molar-refractivity contribution in [2.45, 2.75) is 25.3 Å². The zero-order chi connectivity index (χ0) is 15.6. The van der Waals surface area contributed by atoms with Gasteiger partial charge < -0.3 is 4.74 Å². The van der Waals surface area contributed by atoms with E-state index in [1.165, 1.54) is 12.1 Å². The molecule has 0 aliphatic rings. The van der Waals surface area contributed by atoms with Crippen LogP contribution < -0.4 is 4.74 Å². The molecule has 0 saturated carbocycles. The Hall–Kier alpha value is -1.23. The van der Waals surface area contributed by atoms with Crippen molar-refractivity contribution >= 4 is 31.3 Å². The van der Waals surface area contributed by atoms with E-state index in [0.717, 1.165) is 16.7 Å². The van der Waals surface area contributed by atoms with Crippen molar-refractivity contribution in [2.24, 2.45) is 0 Å². The average Bonchev–Trinajstić information content (AvgIpc) is 2.40. The molecule has 0 unspecified atom stereocenters. The van der Waals surface area contributed by atoms with E-state index in [1.54, 1.807) is 6.07 Å². The van der Waals surface area contributed by atoms with Gasteiger partial charge in [-0.15, -0.1) is 0 Å². The molecule has 0 amide bonds. The SMILES string of the molecule is Cc1ccc(C)c(COc2ccc(Cl)cc2S(=O)(=O)Cl)c1. The minimum absolute atomic E-state index is 0.123. The van der Waals surface area contributed by atoms with Gasteiger partial charge in [0.05, 0.1) is 0 Å². The molecule has 0 aromatic heterocycles. The Morgan fingerprint density at radius 2 is 1.81 bits per heavy atom. The van der Waals surface area contributed by atoms with Crippen LogP contribution in [0.1, 0.15) is 16.7 Å². The lowest BCUT2D eigenvalue weighted by atomic mass is 10.1. The minimum atomic E-state index is -3.92. The van der Waals surface area contributed by atoms with E-state index < -0.39 is 9.05 Å². The number of hydrogen-bond acceptors (Lipinski definition) is 3. The molecular weight excluding hydrogens is 331 g/mol. The van der Waals surface area contributed by atoms with Crippen LogP contribution in [-0.4, -0.2) is 8.42 Å². The van der Waals surface area contributed by atoms with Gasteiger partial charge in [0.15, 0.2) is 0 Å². The Kier molecular flexibility index (Phi) is 4.81. The summed E-state index contributed by atoms with van der Waals surface area (Å²) >= 11 is 5.81. The zero-order valence-corrected chi connectivity index (χ0v) is 13.9. The first-order valence-corrected chi connectivity index (χ1v) is 8.89. The van der Waals surface area contributed by atoms with Crippen molar-refractivity contribution in [3.05, 3.63) is 58.1 Å². The summed E-state index contributed by atoms with van der Waals surface area (Å²) in [5.74, 6) is 0.190. The fraction of sp³-hybridized carbons (Fsp3) is 0.200. The molecular formula is C15H14Cl2O3S. The zero-order valence-electron chi connectivity index (χ0n) is 11.6. The van der Waals surface area contributed by atoms with Crippen LogP contribution in [0.2, 0.25) is 5.02 Å². The molecule has 0 fully saturated rings. The molecule has 0 N–H and O–H groups in total. The second kappa shape index (κ2) is 6.26. The smallest absolute Gasteiger partial charge is 0.265 e. The lowest BCUT2D eigenvalue weighted by Gasteiger charge is -2.12. The monoisotopic (exact) mass is 344 g/mol. The molecule has 0 saturated heterocycles. The Balaban J connectivity index is 2.30. The van der Waals surface area contributed by atoms with Crippen LogP contribution in [0.15, 0.2) is 41.3 Å². The summed E-state index contributed by atoms with van der Waals surface area (Å²) in [6.07, 6.45) is 0. The highest BCUT2D eigenvalue weighted by molar-refractivity contribution is 8.13. The first-order chi connectivity index (χ1) is 9.77. The van der Waals surface area contributed by atoms with Crippen molar-refractivity contribution in [1.82, 2.24) is 0 Å². The quantitative estimate of drug-likeness (QED) is 0.768. The van der Waals surface area contributed by atoms with Crippen molar-refractivity contribution in [2.75, 3.05) is 0 Å². The van der Waals surface area contributed by atoms with Gasteiger partial charge in [-0.3, -0.25) is 0 Å². The van der Waals surface area contributed by atoms with E-state index in [1.807, 2.05) is 32.0 Å². The van der Waals surface area contributed by atoms with Crippen LogP contribution in [0.4, 0.5) is 0 Å². The first-order valence-electron chi connectivity index (χ1n) is 6.20. The number of hydrogen-bond donors (Lipinski definition) is 0. The van der Waals surface area contributed by atoms with E-state index in [2.05, 4.69) is 0 Å². The fourth-order valence-corrected chi connectivity index (χ4v) is 3.14. The summed E-state index contributed by atoms with van der Waals surface area (Å²) < 4.78 is 28.7. The van der Waals surface area contributed by atoms with Gasteiger partial charge in [-0.05, 0) is 43.2 Å². The molecule has 0 aliphatic heterocycles. The summed E-state index contributed by atoms with van der Waals surface area (Å²) in [7, 11) is 1.49. The molecule has 2 rings (SSSR count). The molecule has 2 aromatic carbocycles. The van der Waals surface area contributed by atoms with Gasteiger partial charge in [0.2, 0.25) is 0 Å². The van der Waals surface area contributed by atoms with Gasteiger partial charge in [0, 0.05) is 15.7 Å². The second-order valence-electron chi connectivity index (χ2n) is 4.75. The average molecular weight is 345 g/mol. The van der Waals surface area contributed by atoms with Crippen LogP contribution in [0.5, 0.6) is 5.75 Å². The maximum absolute atomic E-state index is 11.6. The minimum Gasteiger partial charge on any atom is -0.487 e. The van der Waals surface area contributed by atoms with Crippen LogP contribution in [0, 0.1) is 13.8 Å². The van der Waals surface area contributed by atoms with Gasteiger partial charge in [0.25, 0.3) is 9.05 Å². The summed E-state index contributed by atoms with van der Waals surface area (Å²) in [6.45, 7) is 4.22. The van der Waals surface area contributed by atoms with Gasteiger partial charge in [0.1, 0.15) is 17.3 Å². The number of halogens is 2. The van der Waals surface area contributed by atoms with Crippen LogP contribution in [0.25, 0.3) is 0 Å². The summed E-state index contributed by atoms with van der Waals surface area (Å²) in [6, 6.07) is 10.3. The molecule has 0 atom stereocenters. The van der Waals surface area contributed by atoms with Crippen LogP contribution in [-0.2, 0) is 15.7 Å².